The maximum Gasteiger partial charge on any atom is 0.327 e. The zero-order valence-corrected chi connectivity index (χ0v) is 16.8. The molecule has 0 spiro atoms. The summed E-state index contributed by atoms with van der Waals surface area (Å²) in [5.41, 5.74) is 1.15. The normalized spacial score (nSPS) is 30.9. The Hall–Kier alpha value is -1.68. The van der Waals surface area contributed by atoms with Gasteiger partial charge in [-0.1, -0.05) is 17.7 Å². The monoisotopic (exact) mass is 390 g/mol. The molecule has 0 amide bonds. The number of carboxylic acids is 1. The summed E-state index contributed by atoms with van der Waals surface area (Å²) in [4.78, 5) is 10.9. The summed E-state index contributed by atoms with van der Waals surface area (Å²) in [7, 11) is 0. The van der Waals surface area contributed by atoms with E-state index in [0.29, 0.717) is 11.6 Å². The minimum Gasteiger partial charge on any atom is -0.489 e. The highest BCUT2D eigenvalue weighted by Gasteiger charge is 2.48. The number of halogens is 1. The van der Waals surface area contributed by atoms with Gasteiger partial charge in [0.25, 0.3) is 0 Å². The van der Waals surface area contributed by atoms with Crippen LogP contribution in [0.5, 0.6) is 11.5 Å². The number of hydrogen-bond donors (Lipinski definition) is 1. The van der Waals surface area contributed by atoms with Crippen LogP contribution in [0.2, 0.25) is 5.02 Å². The third-order valence-corrected chi connectivity index (χ3v) is 6.88. The van der Waals surface area contributed by atoms with Crippen LogP contribution in [0.4, 0.5) is 0 Å². The fraction of sp³-hybridized carbons (Fsp3) is 0.591. The van der Waals surface area contributed by atoms with Gasteiger partial charge in [-0.05, 0) is 63.9 Å². The van der Waals surface area contributed by atoms with Gasteiger partial charge in [-0.2, -0.15) is 0 Å². The van der Waals surface area contributed by atoms with Gasteiger partial charge in [0, 0.05) is 34.6 Å². The van der Waals surface area contributed by atoms with Gasteiger partial charge in [-0.25, -0.2) is 4.79 Å². The highest BCUT2D eigenvalue weighted by molar-refractivity contribution is 6.30. The molecule has 1 aromatic carbocycles. The van der Waals surface area contributed by atoms with Crippen LogP contribution in [0, 0.1) is 10.8 Å². The highest BCUT2D eigenvalue weighted by atomic mass is 35.5. The molecule has 5 heteroatoms. The number of carboxylic acid groups (broad SMARTS) is 1. The molecule has 0 radical (unpaired) electrons. The lowest BCUT2D eigenvalue weighted by Crippen LogP contribution is -2.43. The molecule has 0 unspecified atom stereocenters. The fourth-order valence-electron chi connectivity index (χ4n) is 4.99. The molecule has 146 valence electrons. The van der Waals surface area contributed by atoms with Crippen molar-refractivity contribution < 1.29 is 19.4 Å². The van der Waals surface area contributed by atoms with Crippen LogP contribution in [0.3, 0.4) is 0 Å². The van der Waals surface area contributed by atoms with Gasteiger partial charge in [-0.15, -0.1) is 0 Å². The first-order valence-electron chi connectivity index (χ1n) is 9.77. The van der Waals surface area contributed by atoms with Crippen LogP contribution in [-0.2, 0) is 11.2 Å². The molecule has 0 aromatic heterocycles. The Balaban J connectivity index is 1.45. The van der Waals surface area contributed by atoms with Crippen molar-refractivity contribution in [3.63, 3.8) is 0 Å². The molecule has 1 aromatic rings. The van der Waals surface area contributed by atoms with Crippen molar-refractivity contribution in [2.45, 2.75) is 64.4 Å². The topological polar surface area (TPSA) is 55.8 Å². The molecule has 4 aliphatic rings. The Morgan fingerprint density at radius 1 is 1.22 bits per heavy atom. The molecule has 0 saturated heterocycles. The van der Waals surface area contributed by atoms with Crippen LogP contribution in [0.25, 0.3) is 0 Å². The van der Waals surface area contributed by atoms with E-state index < -0.39 is 5.97 Å². The molecule has 5 rings (SSSR count). The van der Waals surface area contributed by atoms with E-state index in [0.717, 1.165) is 62.0 Å². The Labute approximate surface area is 165 Å². The number of aliphatic carboxylic acids is 1. The third kappa shape index (κ3) is 3.69. The van der Waals surface area contributed by atoms with Crippen molar-refractivity contribution in [3.8, 4) is 11.5 Å². The Morgan fingerprint density at radius 3 is 2.52 bits per heavy atom. The number of carbonyl (C=O) groups is 1. The minimum atomic E-state index is -0.854. The molecule has 3 saturated carbocycles. The minimum absolute atomic E-state index is 0.0740. The SMILES string of the molecule is CC1(C)Cc2cc(Cl)cc(OCC34CCC(C=CC(=O)O)(CC3)CC4)c2O1. The predicted molar refractivity (Wildman–Crippen MR) is 105 cm³/mol. The van der Waals surface area contributed by atoms with E-state index in [2.05, 4.69) is 13.8 Å². The van der Waals surface area contributed by atoms with E-state index in [1.165, 1.54) is 6.08 Å². The molecule has 3 fully saturated rings. The van der Waals surface area contributed by atoms with E-state index in [1.807, 2.05) is 18.2 Å². The van der Waals surface area contributed by atoms with Gasteiger partial charge in [0.15, 0.2) is 11.5 Å². The Bertz CT molecular complexity index is 771. The van der Waals surface area contributed by atoms with E-state index >= 15 is 0 Å². The second-order valence-corrected chi connectivity index (χ2v) is 9.69. The molecule has 4 nitrogen and oxygen atoms in total. The largest absolute Gasteiger partial charge is 0.489 e. The Morgan fingerprint density at radius 2 is 1.89 bits per heavy atom. The van der Waals surface area contributed by atoms with Crippen molar-refractivity contribution in [2.24, 2.45) is 10.8 Å². The van der Waals surface area contributed by atoms with Gasteiger partial charge in [0.05, 0.1) is 6.61 Å². The number of hydrogen-bond acceptors (Lipinski definition) is 3. The summed E-state index contributed by atoms with van der Waals surface area (Å²) in [6.07, 6.45) is 10.4. The van der Waals surface area contributed by atoms with E-state index in [4.69, 9.17) is 26.2 Å². The van der Waals surface area contributed by atoms with Gasteiger partial charge in [-0.3, -0.25) is 0 Å². The van der Waals surface area contributed by atoms with Crippen LogP contribution in [0.1, 0.15) is 57.9 Å². The molecule has 1 aliphatic heterocycles. The lowest BCUT2D eigenvalue weighted by Gasteiger charge is -2.52. The molecule has 27 heavy (non-hydrogen) atoms. The summed E-state index contributed by atoms with van der Waals surface area (Å²) >= 11 is 6.31. The molecular weight excluding hydrogens is 364 g/mol. The lowest BCUT2D eigenvalue weighted by atomic mass is 9.54. The van der Waals surface area contributed by atoms with Crippen LogP contribution in [0.15, 0.2) is 24.3 Å². The van der Waals surface area contributed by atoms with Gasteiger partial charge in [0.2, 0.25) is 0 Å². The molecule has 1 N–H and O–H groups in total. The van der Waals surface area contributed by atoms with E-state index in [1.54, 1.807) is 0 Å². The van der Waals surface area contributed by atoms with Crippen LogP contribution in [-0.4, -0.2) is 23.3 Å². The average Bonchev–Trinajstić information content (AvgIpc) is 2.93. The zero-order chi connectivity index (χ0) is 19.3. The Kier molecular flexibility index (Phi) is 4.45. The number of fused-ring (bicyclic) bond motifs is 4. The first-order chi connectivity index (χ1) is 12.7. The maximum atomic E-state index is 10.9. The summed E-state index contributed by atoms with van der Waals surface area (Å²) in [5.74, 6) is 0.740. The maximum absolute atomic E-state index is 10.9. The van der Waals surface area contributed by atoms with Crippen LogP contribution >= 0.6 is 11.6 Å². The number of benzene rings is 1. The molecular formula is C22H27ClO4. The van der Waals surface area contributed by atoms with Crippen LogP contribution < -0.4 is 9.47 Å². The van der Waals surface area contributed by atoms with E-state index in [9.17, 15) is 4.79 Å². The average molecular weight is 391 g/mol. The van der Waals surface area contributed by atoms with Gasteiger partial charge >= 0.3 is 5.97 Å². The predicted octanol–water partition coefficient (Wildman–Crippen LogP) is 5.41. The number of allylic oxidation sites excluding steroid dienone is 1. The molecule has 0 atom stereocenters. The van der Waals surface area contributed by atoms with Crippen molar-refractivity contribution in [1.82, 2.24) is 0 Å². The third-order valence-electron chi connectivity index (χ3n) is 6.66. The molecule has 2 bridgehead atoms. The van der Waals surface area contributed by atoms with Gasteiger partial charge in [0.1, 0.15) is 5.60 Å². The smallest absolute Gasteiger partial charge is 0.327 e. The van der Waals surface area contributed by atoms with Crippen molar-refractivity contribution >= 4 is 17.6 Å². The standard InChI is InChI=1S/C22H27ClO4/c1-20(2)13-15-11-16(23)12-17(19(15)27-20)26-14-22-8-5-21(6-9-22,7-10-22)4-3-18(24)25/h3-4,11-12H,5-10,13-14H2,1-2H3,(H,24,25). The first-order valence-corrected chi connectivity index (χ1v) is 10.1. The second-order valence-electron chi connectivity index (χ2n) is 9.25. The summed E-state index contributed by atoms with van der Waals surface area (Å²) < 4.78 is 12.4. The molecule has 1 heterocycles. The van der Waals surface area contributed by atoms with Crippen molar-refractivity contribution in [1.29, 1.82) is 0 Å². The molecule has 3 aliphatic carbocycles. The summed E-state index contributed by atoms with van der Waals surface area (Å²) in [5, 5.41) is 9.62. The first kappa shape index (κ1) is 18.7. The lowest BCUT2D eigenvalue weighted by molar-refractivity contribution is -0.131. The number of ether oxygens (including phenoxy) is 2. The van der Waals surface area contributed by atoms with E-state index in [-0.39, 0.29) is 16.4 Å². The number of rotatable bonds is 5. The van der Waals surface area contributed by atoms with Crippen molar-refractivity contribution in [3.05, 3.63) is 34.9 Å². The second kappa shape index (κ2) is 6.44. The summed E-state index contributed by atoms with van der Waals surface area (Å²) in [6.45, 7) is 4.83. The quantitative estimate of drug-likeness (QED) is 0.682. The zero-order valence-electron chi connectivity index (χ0n) is 16.0. The van der Waals surface area contributed by atoms with Gasteiger partial charge < -0.3 is 14.6 Å². The summed E-state index contributed by atoms with van der Waals surface area (Å²) in [6, 6.07) is 3.84. The fourth-order valence-corrected chi connectivity index (χ4v) is 5.22. The van der Waals surface area contributed by atoms with Crippen molar-refractivity contribution in [2.75, 3.05) is 6.61 Å². The highest BCUT2D eigenvalue weighted by Crippen LogP contribution is 2.58.